The molecule has 1 unspecified atom stereocenters. The number of aryl methyl sites for hydroxylation is 1. The van der Waals surface area contributed by atoms with E-state index in [0.717, 1.165) is 37.9 Å². The zero-order valence-corrected chi connectivity index (χ0v) is 15.2. The number of amides is 1. The van der Waals surface area contributed by atoms with E-state index < -0.39 is 0 Å². The van der Waals surface area contributed by atoms with Crippen LogP contribution in [0.5, 0.6) is 11.8 Å². The van der Waals surface area contributed by atoms with Crippen molar-refractivity contribution in [2.45, 2.75) is 38.7 Å². The molecule has 3 heterocycles. The van der Waals surface area contributed by atoms with Gasteiger partial charge in [-0.15, -0.1) is 15.3 Å². The van der Waals surface area contributed by atoms with Gasteiger partial charge in [-0.3, -0.25) is 4.79 Å². The molecule has 25 heavy (non-hydrogen) atoms. The molecule has 8 nitrogen and oxygen atoms in total. The summed E-state index contributed by atoms with van der Waals surface area (Å²) in [5.74, 6) is 0.868. The van der Waals surface area contributed by atoms with E-state index in [-0.39, 0.29) is 12.0 Å². The first-order valence-electron chi connectivity index (χ1n) is 8.36. The molecule has 0 saturated carbocycles. The standard InChI is InChI=1S/C16H21N5O3S/c1-3-5-12-15(25-20-17-12)16(22)21-9-4-6-11(10-21)24-14-8-7-13(23-2)18-19-14/h7-8,11H,3-6,9-10H2,1-2H3. The lowest BCUT2D eigenvalue weighted by atomic mass is 10.1. The molecule has 2 aromatic rings. The Kier molecular flexibility index (Phi) is 5.75. The molecule has 1 fully saturated rings. The van der Waals surface area contributed by atoms with Gasteiger partial charge in [0.2, 0.25) is 11.8 Å². The average Bonchev–Trinajstić information content (AvgIpc) is 3.10. The first kappa shape index (κ1) is 17.5. The Morgan fingerprint density at radius 3 is 2.84 bits per heavy atom. The molecular weight excluding hydrogens is 342 g/mol. The highest BCUT2D eigenvalue weighted by Gasteiger charge is 2.28. The normalized spacial score (nSPS) is 17.4. The van der Waals surface area contributed by atoms with Crippen molar-refractivity contribution in [3.8, 4) is 11.8 Å². The highest BCUT2D eigenvalue weighted by atomic mass is 32.1. The number of carbonyl (C=O) groups excluding carboxylic acids is 1. The third kappa shape index (κ3) is 4.22. The molecular formula is C16H21N5O3S. The molecule has 9 heteroatoms. The van der Waals surface area contributed by atoms with Gasteiger partial charge < -0.3 is 14.4 Å². The van der Waals surface area contributed by atoms with Gasteiger partial charge in [-0.1, -0.05) is 17.8 Å². The number of aromatic nitrogens is 4. The fourth-order valence-electron chi connectivity index (χ4n) is 2.78. The van der Waals surface area contributed by atoms with Crippen molar-refractivity contribution in [2.24, 2.45) is 0 Å². The summed E-state index contributed by atoms with van der Waals surface area (Å²) in [6.07, 6.45) is 3.37. The number of hydrogen-bond donors (Lipinski definition) is 0. The van der Waals surface area contributed by atoms with Crippen LogP contribution in [0.2, 0.25) is 0 Å². The molecule has 0 bridgehead atoms. The molecule has 1 aliphatic heterocycles. The van der Waals surface area contributed by atoms with E-state index in [2.05, 4.69) is 26.7 Å². The van der Waals surface area contributed by atoms with Gasteiger partial charge in [-0.2, -0.15) is 0 Å². The predicted octanol–water partition coefficient (Wildman–Crippen LogP) is 1.97. The summed E-state index contributed by atoms with van der Waals surface area (Å²) in [4.78, 5) is 15.3. The molecule has 3 rings (SSSR count). The average molecular weight is 363 g/mol. The Bertz CT molecular complexity index is 706. The predicted molar refractivity (Wildman–Crippen MR) is 92.0 cm³/mol. The number of methoxy groups -OCH3 is 1. The molecule has 1 saturated heterocycles. The summed E-state index contributed by atoms with van der Waals surface area (Å²) in [6.45, 7) is 3.31. The van der Waals surface area contributed by atoms with Gasteiger partial charge in [-0.05, 0) is 30.8 Å². The Balaban J connectivity index is 1.63. The number of ether oxygens (including phenoxy) is 2. The molecule has 0 spiro atoms. The number of hydrogen-bond acceptors (Lipinski definition) is 8. The SMILES string of the molecule is CCCc1nnsc1C(=O)N1CCCC(Oc2ccc(OC)nn2)C1. The molecule has 0 aromatic carbocycles. The summed E-state index contributed by atoms with van der Waals surface area (Å²) in [7, 11) is 1.54. The number of rotatable bonds is 6. The van der Waals surface area contributed by atoms with E-state index in [9.17, 15) is 4.79 Å². The van der Waals surface area contributed by atoms with Crippen molar-refractivity contribution in [1.82, 2.24) is 24.7 Å². The Morgan fingerprint density at radius 2 is 2.12 bits per heavy atom. The fraction of sp³-hybridized carbons (Fsp3) is 0.562. The lowest BCUT2D eigenvalue weighted by molar-refractivity contribution is 0.0528. The summed E-state index contributed by atoms with van der Waals surface area (Å²) in [5.41, 5.74) is 0.793. The zero-order chi connectivity index (χ0) is 17.6. The van der Waals surface area contributed by atoms with Crippen LogP contribution >= 0.6 is 11.5 Å². The molecule has 0 radical (unpaired) electrons. The summed E-state index contributed by atoms with van der Waals surface area (Å²) >= 11 is 1.17. The van der Waals surface area contributed by atoms with Gasteiger partial charge >= 0.3 is 0 Å². The maximum Gasteiger partial charge on any atom is 0.267 e. The van der Waals surface area contributed by atoms with Gasteiger partial charge in [0.05, 0.1) is 19.3 Å². The second-order valence-electron chi connectivity index (χ2n) is 5.85. The molecule has 1 amide bonds. The van der Waals surface area contributed by atoms with Crippen LogP contribution in [-0.2, 0) is 6.42 Å². The molecule has 134 valence electrons. The Hall–Kier alpha value is -2.29. The number of nitrogens with zero attached hydrogens (tertiary/aromatic N) is 5. The van der Waals surface area contributed by atoms with Crippen molar-refractivity contribution < 1.29 is 14.3 Å². The molecule has 1 aliphatic rings. The minimum absolute atomic E-state index is 0.00688. The van der Waals surface area contributed by atoms with Gasteiger partial charge in [-0.25, -0.2) is 0 Å². The van der Waals surface area contributed by atoms with E-state index in [1.807, 2.05) is 4.90 Å². The highest BCUT2D eigenvalue weighted by Crippen LogP contribution is 2.21. The van der Waals surface area contributed by atoms with Crippen LogP contribution in [0, 0.1) is 0 Å². The van der Waals surface area contributed by atoms with Crippen LogP contribution in [0.3, 0.4) is 0 Å². The van der Waals surface area contributed by atoms with Crippen molar-refractivity contribution >= 4 is 17.4 Å². The second-order valence-corrected chi connectivity index (χ2v) is 6.60. The largest absolute Gasteiger partial charge is 0.480 e. The van der Waals surface area contributed by atoms with Crippen molar-refractivity contribution in [3.63, 3.8) is 0 Å². The van der Waals surface area contributed by atoms with Crippen LogP contribution in [0.15, 0.2) is 12.1 Å². The van der Waals surface area contributed by atoms with Crippen LogP contribution in [-0.4, -0.2) is 56.9 Å². The second kappa shape index (κ2) is 8.19. The third-order valence-electron chi connectivity index (χ3n) is 4.01. The lowest BCUT2D eigenvalue weighted by Crippen LogP contribution is -2.44. The molecule has 1 atom stereocenters. The minimum Gasteiger partial charge on any atom is -0.480 e. The van der Waals surface area contributed by atoms with E-state index in [1.54, 1.807) is 12.1 Å². The summed E-state index contributed by atoms with van der Waals surface area (Å²) in [5, 5.41) is 12.0. The molecule has 0 N–H and O–H groups in total. The first-order valence-corrected chi connectivity index (χ1v) is 9.13. The van der Waals surface area contributed by atoms with E-state index in [0.29, 0.717) is 23.2 Å². The van der Waals surface area contributed by atoms with Crippen LogP contribution in [0.1, 0.15) is 41.6 Å². The van der Waals surface area contributed by atoms with Gasteiger partial charge in [0, 0.05) is 18.7 Å². The third-order valence-corrected chi connectivity index (χ3v) is 4.77. The molecule has 2 aromatic heterocycles. The number of carbonyl (C=O) groups is 1. The van der Waals surface area contributed by atoms with Gasteiger partial charge in [0.1, 0.15) is 11.0 Å². The topological polar surface area (TPSA) is 90.3 Å². The Morgan fingerprint density at radius 1 is 1.32 bits per heavy atom. The van der Waals surface area contributed by atoms with Crippen molar-refractivity contribution in [3.05, 3.63) is 22.7 Å². The maximum absolute atomic E-state index is 12.8. The van der Waals surface area contributed by atoms with Gasteiger partial charge in [0.25, 0.3) is 5.91 Å². The summed E-state index contributed by atoms with van der Waals surface area (Å²) in [6, 6.07) is 3.42. The van der Waals surface area contributed by atoms with Crippen LogP contribution < -0.4 is 9.47 Å². The fourth-order valence-corrected chi connectivity index (χ4v) is 3.46. The van der Waals surface area contributed by atoms with Crippen molar-refractivity contribution in [1.29, 1.82) is 0 Å². The lowest BCUT2D eigenvalue weighted by Gasteiger charge is -2.32. The Labute approximate surface area is 150 Å². The summed E-state index contributed by atoms with van der Waals surface area (Å²) < 4.78 is 14.8. The monoisotopic (exact) mass is 363 g/mol. The zero-order valence-electron chi connectivity index (χ0n) is 14.3. The number of piperidine rings is 1. The highest BCUT2D eigenvalue weighted by molar-refractivity contribution is 7.08. The van der Waals surface area contributed by atoms with Crippen LogP contribution in [0.4, 0.5) is 0 Å². The minimum atomic E-state index is -0.101. The van der Waals surface area contributed by atoms with E-state index in [1.165, 1.54) is 18.6 Å². The van der Waals surface area contributed by atoms with Crippen LogP contribution in [0.25, 0.3) is 0 Å². The number of likely N-dealkylation sites (tertiary alicyclic amines) is 1. The molecule has 0 aliphatic carbocycles. The van der Waals surface area contributed by atoms with Crippen molar-refractivity contribution in [2.75, 3.05) is 20.2 Å². The van der Waals surface area contributed by atoms with E-state index in [4.69, 9.17) is 9.47 Å². The maximum atomic E-state index is 12.8. The smallest absolute Gasteiger partial charge is 0.267 e. The first-order chi connectivity index (χ1) is 12.2. The quantitative estimate of drug-likeness (QED) is 0.775. The van der Waals surface area contributed by atoms with E-state index >= 15 is 0 Å². The van der Waals surface area contributed by atoms with Gasteiger partial charge in [0.15, 0.2) is 0 Å².